The number of nitrogens with zero attached hydrogens (tertiary/aromatic N) is 4. The van der Waals surface area contributed by atoms with E-state index in [1.54, 1.807) is 16.0 Å². The summed E-state index contributed by atoms with van der Waals surface area (Å²) in [7, 11) is 2.14. The first-order valence-corrected chi connectivity index (χ1v) is 11.0. The van der Waals surface area contributed by atoms with Crippen molar-refractivity contribution in [3.8, 4) is 11.3 Å². The molecule has 0 saturated carbocycles. The molecule has 0 spiro atoms. The van der Waals surface area contributed by atoms with Gasteiger partial charge in [-0.1, -0.05) is 18.2 Å². The van der Waals surface area contributed by atoms with Crippen LogP contribution in [0.2, 0.25) is 0 Å². The highest BCUT2D eigenvalue weighted by Crippen LogP contribution is 2.22. The predicted molar refractivity (Wildman–Crippen MR) is 120 cm³/mol. The van der Waals surface area contributed by atoms with Gasteiger partial charge in [-0.05, 0) is 55.6 Å². The average molecular weight is 409 g/mol. The third-order valence-electron chi connectivity index (χ3n) is 5.73. The van der Waals surface area contributed by atoms with Crippen molar-refractivity contribution in [3.05, 3.63) is 73.7 Å². The van der Waals surface area contributed by atoms with Crippen molar-refractivity contribution in [2.24, 2.45) is 0 Å². The molecule has 0 N–H and O–H groups in total. The second-order valence-corrected chi connectivity index (χ2v) is 9.01. The van der Waals surface area contributed by atoms with Gasteiger partial charge in [-0.25, -0.2) is 4.68 Å². The molecule has 1 saturated heterocycles. The summed E-state index contributed by atoms with van der Waals surface area (Å²) in [4.78, 5) is 19.0. The van der Waals surface area contributed by atoms with Gasteiger partial charge in [0.2, 0.25) is 0 Å². The Hall–Kier alpha value is -2.28. The molecule has 1 aromatic carbocycles. The van der Waals surface area contributed by atoms with Gasteiger partial charge in [0.1, 0.15) is 0 Å². The summed E-state index contributed by atoms with van der Waals surface area (Å²) in [6.07, 6.45) is 0.652. The molecule has 5 nitrogen and oxygen atoms in total. The summed E-state index contributed by atoms with van der Waals surface area (Å²) in [6, 6.07) is 12.5. The first-order chi connectivity index (χ1) is 14.0. The van der Waals surface area contributed by atoms with E-state index in [1.165, 1.54) is 16.0 Å². The van der Waals surface area contributed by atoms with Crippen LogP contribution in [0, 0.1) is 13.8 Å². The lowest BCUT2D eigenvalue weighted by Crippen LogP contribution is -2.46. The van der Waals surface area contributed by atoms with Crippen molar-refractivity contribution in [2.45, 2.75) is 26.9 Å². The number of thiophene rings is 1. The van der Waals surface area contributed by atoms with Gasteiger partial charge >= 0.3 is 0 Å². The molecular weight excluding hydrogens is 380 g/mol. The fraction of sp³-hybridized carbons (Fsp3) is 0.391. The molecule has 152 valence electrons. The molecule has 1 fully saturated rings. The molecule has 6 heteroatoms. The Morgan fingerprint density at radius 1 is 1.03 bits per heavy atom. The largest absolute Gasteiger partial charge is 0.304 e. The Morgan fingerprint density at radius 2 is 1.83 bits per heavy atom. The Bertz CT molecular complexity index is 1030. The second kappa shape index (κ2) is 8.61. The minimum absolute atomic E-state index is 0.0184. The highest BCUT2D eigenvalue weighted by molar-refractivity contribution is 7.09. The van der Waals surface area contributed by atoms with Crippen LogP contribution in [0.1, 0.15) is 21.6 Å². The van der Waals surface area contributed by atoms with Crippen molar-refractivity contribution in [1.29, 1.82) is 0 Å². The van der Waals surface area contributed by atoms with E-state index in [1.807, 2.05) is 12.1 Å². The molecule has 3 heterocycles. The van der Waals surface area contributed by atoms with E-state index in [-0.39, 0.29) is 5.56 Å². The number of hydrogen-bond acceptors (Lipinski definition) is 5. The second-order valence-electron chi connectivity index (χ2n) is 7.98. The first-order valence-electron chi connectivity index (χ1n) is 10.1. The average Bonchev–Trinajstić information content (AvgIpc) is 3.22. The smallest absolute Gasteiger partial charge is 0.271 e. The molecule has 0 aliphatic carbocycles. The summed E-state index contributed by atoms with van der Waals surface area (Å²) in [6.45, 7) is 8.73. The van der Waals surface area contributed by atoms with Gasteiger partial charge in [0.15, 0.2) is 0 Å². The maximum Gasteiger partial charge on any atom is 0.271 e. The number of rotatable bonds is 5. The Labute approximate surface area is 176 Å². The number of aryl methyl sites for hydroxylation is 2. The molecule has 0 unspecified atom stereocenters. The molecule has 1 aliphatic heterocycles. The quantitative estimate of drug-likeness (QED) is 0.649. The Morgan fingerprint density at radius 3 is 2.52 bits per heavy atom. The fourth-order valence-corrected chi connectivity index (χ4v) is 4.37. The fourth-order valence-electron chi connectivity index (χ4n) is 3.64. The van der Waals surface area contributed by atoms with E-state index in [4.69, 9.17) is 5.10 Å². The first kappa shape index (κ1) is 20.0. The summed E-state index contributed by atoms with van der Waals surface area (Å²) >= 11 is 1.69. The van der Waals surface area contributed by atoms with Crippen LogP contribution >= 0.6 is 11.3 Å². The maximum atomic E-state index is 13.2. The summed E-state index contributed by atoms with van der Waals surface area (Å²) < 4.78 is 1.67. The van der Waals surface area contributed by atoms with Crippen molar-refractivity contribution < 1.29 is 0 Å². The van der Waals surface area contributed by atoms with Crippen LogP contribution in [-0.2, 0) is 13.1 Å². The lowest BCUT2D eigenvalue weighted by atomic mass is 10.0. The molecule has 0 bridgehead atoms. The SMILES string of the molecule is Cc1ccc(-c2cc(Cc3cccs3)c(=O)n(CN3CCN(C)CC3)n2)cc1C. The third-order valence-corrected chi connectivity index (χ3v) is 6.60. The minimum Gasteiger partial charge on any atom is -0.304 e. The molecule has 29 heavy (non-hydrogen) atoms. The highest BCUT2D eigenvalue weighted by atomic mass is 32.1. The van der Waals surface area contributed by atoms with Crippen LogP contribution in [0.5, 0.6) is 0 Å². The van der Waals surface area contributed by atoms with Gasteiger partial charge in [-0.2, -0.15) is 5.10 Å². The zero-order valence-electron chi connectivity index (χ0n) is 17.4. The number of likely N-dealkylation sites (N-methyl/N-ethyl adjacent to an activating group) is 1. The van der Waals surface area contributed by atoms with Crippen LogP contribution in [0.25, 0.3) is 11.3 Å². The zero-order valence-corrected chi connectivity index (χ0v) is 18.2. The van der Waals surface area contributed by atoms with Crippen LogP contribution in [0.3, 0.4) is 0 Å². The Balaban J connectivity index is 1.72. The van der Waals surface area contributed by atoms with E-state index in [0.29, 0.717) is 13.1 Å². The number of aromatic nitrogens is 2. The predicted octanol–water partition coefficient (Wildman–Crippen LogP) is 3.38. The van der Waals surface area contributed by atoms with Gasteiger partial charge in [0.25, 0.3) is 5.56 Å². The van der Waals surface area contributed by atoms with E-state index < -0.39 is 0 Å². The number of benzene rings is 1. The van der Waals surface area contributed by atoms with Crippen molar-refractivity contribution in [2.75, 3.05) is 33.2 Å². The van der Waals surface area contributed by atoms with E-state index >= 15 is 0 Å². The molecule has 1 aliphatic rings. The van der Waals surface area contributed by atoms with Gasteiger partial charge in [-0.3, -0.25) is 9.69 Å². The molecular formula is C23H28N4OS. The van der Waals surface area contributed by atoms with Gasteiger partial charge in [0.05, 0.1) is 12.4 Å². The molecule has 0 atom stereocenters. The highest BCUT2D eigenvalue weighted by Gasteiger charge is 2.17. The van der Waals surface area contributed by atoms with Crippen molar-refractivity contribution in [1.82, 2.24) is 19.6 Å². The van der Waals surface area contributed by atoms with E-state index in [2.05, 4.69) is 60.3 Å². The van der Waals surface area contributed by atoms with E-state index in [9.17, 15) is 4.79 Å². The third kappa shape index (κ3) is 4.66. The van der Waals surface area contributed by atoms with Crippen molar-refractivity contribution in [3.63, 3.8) is 0 Å². The summed E-state index contributed by atoms with van der Waals surface area (Å²) in [5.41, 5.74) is 5.26. The molecule has 0 amide bonds. The van der Waals surface area contributed by atoms with Crippen LogP contribution < -0.4 is 5.56 Å². The minimum atomic E-state index is 0.0184. The van der Waals surface area contributed by atoms with Crippen molar-refractivity contribution >= 4 is 11.3 Å². The lowest BCUT2D eigenvalue weighted by molar-refractivity contribution is 0.117. The standard InChI is InChI=1S/C23H28N4OS/c1-17-6-7-19(13-18(17)2)22-15-20(14-21-5-4-12-29-21)23(28)27(24-22)16-26-10-8-25(3)9-11-26/h4-7,12-13,15H,8-11,14,16H2,1-3H3. The Kier molecular flexibility index (Phi) is 5.94. The molecule has 3 aromatic rings. The molecule has 4 rings (SSSR count). The lowest BCUT2D eigenvalue weighted by Gasteiger charge is -2.32. The van der Waals surface area contributed by atoms with Gasteiger partial charge in [0, 0.05) is 48.6 Å². The van der Waals surface area contributed by atoms with E-state index in [0.717, 1.165) is 43.0 Å². The zero-order chi connectivity index (χ0) is 20.4. The normalized spacial score (nSPS) is 15.7. The monoisotopic (exact) mass is 408 g/mol. The maximum absolute atomic E-state index is 13.2. The van der Waals surface area contributed by atoms with Crippen LogP contribution in [0.15, 0.2) is 46.6 Å². The molecule has 0 radical (unpaired) electrons. The summed E-state index contributed by atoms with van der Waals surface area (Å²) in [5.74, 6) is 0. The van der Waals surface area contributed by atoms with Crippen LogP contribution in [0.4, 0.5) is 0 Å². The summed E-state index contributed by atoms with van der Waals surface area (Å²) in [5, 5.41) is 6.83. The topological polar surface area (TPSA) is 41.4 Å². The number of piperazine rings is 1. The number of hydrogen-bond donors (Lipinski definition) is 0. The van der Waals surface area contributed by atoms with Gasteiger partial charge < -0.3 is 4.90 Å². The van der Waals surface area contributed by atoms with Gasteiger partial charge in [-0.15, -0.1) is 11.3 Å². The van der Waals surface area contributed by atoms with Crippen LogP contribution in [-0.4, -0.2) is 52.8 Å². The molecule has 2 aromatic heterocycles.